The largest absolute Gasteiger partial charge is 0.508 e. The van der Waals surface area contributed by atoms with E-state index in [1.165, 1.54) is 11.0 Å². The van der Waals surface area contributed by atoms with Gasteiger partial charge in [-0.3, -0.25) is 0 Å². The van der Waals surface area contributed by atoms with Crippen LogP contribution in [0.2, 0.25) is 0 Å². The minimum absolute atomic E-state index is 0.0755. The molecular weight excluding hydrogens is 252 g/mol. The summed E-state index contributed by atoms with van der Waals surface area (Å²) >= 11 is 0. The van der Waals surface area contributed by atoms with Crippen molar-refractivity contribution in [2.45, 2.75) is 6.43 Å². The van der Waals surface area contributed by atoms with E-state index in [0.717, 1.165) is 5.39 Å². The van der Waals surface area contributed by atoms with E-state index in [1.54, 1.807) is 24.4 Å². The predicted molar refractivity (Wildman–Crippen MR) is 70.7 cm³/mol. The third-order valence-corrected chi connectivity index (χ3v) is 2.79. The number of anilines is 1. The second-order valence-corrected chi connectivity index (χ2v) is 4.17. The average Bonchev–Trinajstić information content (AvgIpc) is 2.37. The number of hydrogen-bond acceptors (Lipinski definition) is 4. The Hall–Kier alpha value is -1.95. The van der Waals surface area contributed by atoms with Gasteiger partial charge >= 0.3 is 0 Å². The highest BCUT2D eigenvalue weighted by molar-refractivity contribution is 5.93. The summed E-state index contributed by atoms with van der Waals surface area (Å²) in [6, 6.07) is 6.55. The van der Waals surface area contributed by atoms with Crippen LogP contribution in [0.5, 0.6) is 5.75 Å². The van der Waals surface area contributed by atoms with Gasteiger partial charge in [0.05, 0.1) is 6.54 Å². The third kappa shape index (κ3) is 3.08. The molecular formula is C13H15F2N3O. The van der Waals surface area contributed by atoms with Crippen molar-refractivity contribution in [3.8, 4) is 5.75 Å². The fraction of sp³-hybridized carbons (Fsp3) is 0.308. The maximum Gasteiger partial charge on any atom is 0.255 e. The van der Waals surface area contributed by atoms with Crippen LogP contribution in [0.3, 0.4) is 0 Å². The summed E-state index contributed by atoms with van der Waals surface area (Å²) in [6.07, 6.45) is -0.912. The van der Waals surface area contributed by atoms with Crippen LogP contribution in [0.1, 0.15) is 0 Å². The van der Waals surface area contributed by atoms with Gasteiger partial charge in [0, 0.05) is 24.7 Å². The highest BCUT2D eigenvalue weighted by Gasteiger charge is 2.16. The van der Waals surface area contributed by atoms with Crippen molar-refractivity contribution in [3.63, 3.8) is 0 Å². The average molecular weight is 267 g/mol. The molecule has 0 spiro atoms. The molecule has 3 N–H and O–H groups in total. The Bertz CT molecular complexity index is 563. The topological polar surface area (TPSA) is 62.4 Å². The molecule has 0 bridgehead atoms. The number of halogens is 2. The molecule has 2 aromatic rings. The molecule has 1 aromatic heterocycles. The minimum Gasteiger partial charge on any atom is -0.508 e. The summed E-state index contributed by atoms with van der Waals surface area (Å²) in [6.45, 7) is 0.106. The number of pyridine rings is 1. The van der Waals surface area contributed by atoms with Gasteiger partial charge in [-0.15, -0.1) is 0 Å². The van der Waals surface area contributed by atoms with Crippen LogP contribution in [0, 0.1) is 0 Å². The monoisotopic (exact) mass is 267 g/mol. The zero-order valence-corrected chi connectivity index (χ0v) is 10.3. The summed E-state index contributed by atoms with van der Waals surface area (Å²) < 4.78 is 25.2. The molecule has 19 heavy (non-hydrogen) atoms. The summed E-state index contributed by atoms with van der Waals surface area (Å²) in [7, 11) is 0. The lowest BCUT2D eigenvalue weighted by Gasteiger charge is -2.24. The van der Waals surface area contributed by atoms with Crippen molar-refractivity contribution in [3.05, 3.63) is 30.5 Å². The number of phenols is 1. The number of aromatic hydroxyl groups is 1. The standard InChI is InChI=1S/C13H15F2N3O/c14-12(15)8-18(6-4-16)13-11-7-10(19)2-1-9(11)3-5-17-13/h1-3,5,7,12,19H,4,6,8,16H2. The second-order valence-electron chi connectivity index (χ2n) is 4.17. The van der Waals surface area contributed by atoms with Gasteiger partial charge in [0.15, 0.2) is 0 Å². The number of aromatic nitrogens is 1. The number of rotatable bonds is 5. The molecule has 1 aromatic carbocycles. The fourth-order valence-corrected chi connectivity index (χ4v) is 2.00. The predicted octanol–water partition coefficient (Wildman–Crippen LogP) is 1.97. The smallest absolute Gasteiger partial charge is 0.255 e. The van der Waals surface area contributed by atoms with Crippen LogP contribution in [0.25, 0.3) is 10.8 Å². The molecule has 6 heteroatoms. The molecule has 2 rings (SSSR count). The first kappa shape index (κ1) is 13.5. The van der Waals surface area contributed by atoms with E-state index in [1.807, 2.05) is 0 Å². The van der Waals surface area contributed by atoms with Gasteiger partial charge in [0.25, 0.3) is 6.43 Å². The van der Waals surface area contributed by atoms with Crippen molar-refractivity contribution >= 4 is 16.6 Å². The molecule has 0 amide bonds. The van der Waals surface area contributed by atoms with Gasteiger partial charge in [0.2, 0.25) is 0 Å². The zero-order valence-electron chi connectivity index (χ0n) is 10.3. The van der Waals surface area contributed by atoms with Gasteiger partial charge in [-0.2, -0.15) is 0 Å². The summed E-state index contributed by atoms with van der Waals surface area (Å²) in [4.78, 5) is 5.58. The molecule has 1 heterocycles. The van der Waals surface area contributed by atoms with E-state index < -0.39 is 13.0 Å². The van der Waals surface area contributed by atoms with Crippen molar-refractivity contribution in [1.82, 2.24) is 4.98 Å². The number of hydrogen-bond donors (Lipinski definition) is 2. The van der Waals surface area contributed by atoms with Crippen LogP contribution in [-0.4, -0.2) is 36.2 Å². The van der Waals surface area contributed by atoms with Gasteiger partial charge in [-0.25, -0.2) is 13.8 Å². The zero-order chi connectivity index (χ0) is 13.8. The maximum atomic E-state index is 12.6. The SMILES string of the molecule is NCCN(CC(F)F)c1nccc2ccc(O)cc12. The molecule has 102 valence electrons. The van der Waals surface area contributed by atoms with Gasteiger partial charge in [-0.1, -0.05) is 6.07 Å². The number of fused-ring (bicyclic) bond motifs is 1. The first-order valence-electron chi connectivity index (χ1n) is 5.92. The molecule has 0 aliphatic heterocycles. The Labute approximate surface area is 109 Å². The molecule has 0 fully saturated rings. The summed E-state index contributed by atoms with van der Waals surface area (Å²) in [5, 5.41) is 11.0. The Morgan fingerprint density at radius 1 is 1.32 bits per heavy atom. The quantitative estimate of drug-likeness (QED) is 0.869. The lowest BCUT2D eigenvalue weighted by atomic mass is 10.1. The first-order chi connectivity index (χ1) is 9.11. The van der Waals surface area contributed by atoms with E-state index >= 15 is 0 Å². The molecule has 0 saturated heterocycles. The molecule has 0 atom stereocenters. The van der Waals surface area contributed by atoms with E-state index in [-0.39, 0.29) is 18.8 Å². The Balaban J connectivity index is 2.48. The lowest BCUT2D eigenvalue weighted by Crippen LogP contribution is -2.34. The van der Waals surface area contributed by atoms with E-state index in [2.05, 4.69) is 4.98 Å². The number of benzene rings is 1. The third-order valence-electron chi connectivity index (χ3n) is 2.79. The molecule has 0 unspecified atom stereocenters. The van der Waals surface area contributed by atoms with E-state index in [4.69, 9.17) is 5.73 Å². The van der Waals surface area contributed by atoms with Gasteiger partial charge in [0.1, 0.15) is 11.6 Å². The van der Waals surface area contributed by atoms with Crippen molar-refractivity contribution in [1.29, 1.82) is 0 Å². The van der Waals surface area contributed by atoms with Crippen LogP contribution in [0.4, 0.5) is 14.6 Å². The first-order valence-corrected chi connectivity index (χ1v) is 5.92. The highest BCUT2D eigenvalue weighted by Crippen LogP contribution is 2.27. The van der Waals surface area contributed by atoms with Crippen LogP contribution < -0.4 is 10.6 Å². The Morgan fingerprint density at radius 2 is 2.11 bits per heavy atom. The van der Waals surface area contributed by atoms with E-state index in [0.29, 0.717) is 11.2 Å². The number of nitrogens with zero attached hydrogens (tertiary/aromatic N) is 2. The number of alkyl halides is 2. The number of nitrogens with two attached hydrogens (primary N) is 1. The lowest BCUT2D eigenvalue weighted by molar-refractivity contribution is 0.155. The van der Waals surface area contributed by atoms with E-state index in [9.17, 15) is 13.9 Å². The fourth-order valence-electron chi connectivity index (χ4n) is 2.00. The number of phenolic OH excluding ortho intramolecular Hbond substituents is 1. The molecule has 0 aliphatic rings. The summed E-state index contributed by atoms with van der Waals surface area (Å²) in [5.41, 5.74) is 5.45. The van der Waals surface area contributed by atoms with Crippen molar-refractivity contribution in [2.24, 2.45) is 5.73 Å². The van der Waals surface area contributed by atoms with Crippen LogP contribution >= 0.6 is 0 Å². The molecule has 0 saturated carbocycles. The molecule has 0 aliphatic carbocycles. The normalized spacial score (nSPS) is 11.2. The molecule has 0 radical (unpaired) electrons. The minimum atomic E-state index is -2.47. The Kier molecular flexibility index (Phi) is 4.11. The van der Waals surface area contributed by atoms with Gasteiger partial charge in [-0.05, 0) is 23.6 Å². The van der Waals surface area contributed by atoms with Crippen LogP contribution in [0.15, 0.2) is 30.5 Å². The summed E-state index contributed by atoms with van der Waals surface area (Å²) in [5.74, 6) is 0.491. The maximum absolute atomic E-state index is 12.6. The Morgan fingerprint density at radius 3 is 2.79 bits per heavy atom. The van der Waals surface area contributed by atoms with Crippen molar-refractivity contribution < 1.29 is 13.9 Å². The van der Waals surface area contributed by atoms with Crippen molar-refractivity contribution in [2.75, 3.05) is 24.5 Å². The van der Waals surface area contributed by atoms with Crippen LogP contribution in [-0.2, 0) is 0 Å². The molecule has 4 nitrogen and oxygen atoms in total. The highest BCUT2D eigenvalue weighted by atomic mass is 19.3. The second kappa shape index (κ2) is 5.79. The van der Waals surface area contributed by atoms with Gasteiger partial charge < -0.3 is 15.7 Å².